The summed E-state index contributed by atoms with van der Waals surface area (Å²) in [5.74, 6) is 0.973. The SMILES string of the molecule is CCNC(CC)c1ccc(OCC(C)(O)C(C)C)cc1. The van der Waals surface area contributed by atoms with Gasteiger partial charge in [0.2, 0.25) is 0 Å². The van der Waals surface area contributed by atoms with Gasteiger partial charge in [0.25, 0.3) is 0 Å². The van der Waals surface area contributed by atoms with Gasteiger partial charge in [0.05, 0.1) is 5.60 Å². The molecule has 20 heavy (non-hydrogen) atoms. The third kappa shape index (κ3) is 4.80. The monoisotopic (exact) mass is 279 g/mol. The molecule has 2 atom stereocenters. The van der Waals surface area contributed by atoms with E-state index in [0.29, 0.717) is 12.6 Å². The van der Waals surface area contributed by atoms with Crippen LogP contribution in [0.5, 0.6) is 5.75 Å². The second-order valence-electron chi connectivity index (χ2n) is 5.89. The van der Waals surface area contributed by atoms with Gasteiger partial charge in [-0.25, -0.2) is 0 Å². The van der Waals surface area contributed by atoms with Crippen LogP contribution in [0.15, 0.2) is 24.3 Å². The van der Waals surface area contributed by atoms with Gasteiger partial charge >= 0.3 is 0 Å². The fraction of sp³-hybridized carbons (Fsp3) is 0.647. The van der Waals surface area contributed by atoms with Gasteiger partial charge in [-0.15, -0.1) is 0 Å². The van der Waals surface area contributed by atoms with E-state index in [1.807, 2.05) is 32.9 Å². The highest BCUT2D eigenvalue weighted by Gasteiger charge is 2.25. The Bertz CT molecular complexity index is 384. The molecule has 3 heteroatoms. The molecular formula is C17H29NO2. The van der Waals surface area contributed by atoms with Crippen LogP contribution in [0.1, 0.15) is 52.6 Å². The lowest BCUT2D eigenvalue weighted by Crippen LogP contribution is -2.37. The Labute approximate surface area is 123 Å². The maximum atomic E-state index is 10.2. The van der Waals surface area contributed by atoms with Crippen LogP contribution in [0, 0.1) is 5.92 Å². The first-order valence-electron chi connectivity index (χ1n) is 7.59. The normalized spacial score (nSPS) is 15.9. The molecule has 0 amide bonds. The molecule has 2 N–H and O–H groups in total. The number of hydrogen-bond donors (Lipinski definition) is 2. The van der Waals surface area contributed by atoms with E-state index in [9.17, 15) is 5.11 Å². The summed E-state index contributed by atoms with van der Waals surface area (Å²) in [6, 6.07) is 8.54. The highest BCUT2D eigenvalue weighted by Crippen LogP contribution is 2.22. The summed E-state index contributed by atoms with van der Waals surface area (Å²) >= 11 is 0. The van der Waals surface area contributed by atoms with Crippen molar-refractivity contribution >= 4 is 0 Å². The zero-order chi connectivity index (χ0) is 15.2. The fourth-order valence-electron chi connectivity index (χ4n) is 1.94. The molecule has 0 aliphatic rings. The van der Waals surface area contributed by atoms with E-state index in [2.05, 4.69) is 31.3 Å². The maximum Gasteiger partial charge on any atom is 0.119 e. The first kappa shape index (κ1) is 17.0. The Balaban J connectivity index is 2.63. The molecule has 0 fully saturated rings. The van der Waals surface area contributed by atoms with Gasteiger partial charge in [0, 0.05) is 6.04 Å². The van der Waals surface area contributed by atoms with Gasteiger partial charge in [0.15, 0.2) is 0 Å². The molecule has 0 bridgehead atoms. The molecule has 1 aromatic rings. The molecule has 0 saturated heterocycles. The number of benzene rings is 1. The Morgan fingerprint density at radius 3 is 2.25 bits per heavy atom. The van der Waals surface area contributed by atoms with Crippen molar-refractivity contribution in [3.8, 4) is 5.75 Å². The Hall–Kier alpha value is -1.06. The van der Waals surface area contributed by atoms with Gasteiger partial charge < -0.3 is 15.2 Å². The summed E-state index contributed by atoms with van der Waals surface area (Å²) in [5.41, 5.74) is 0.478. The van der Waals surface area contributed by atoms with Crippen LogP contribution < -0.4 is 10.1 Å². The average molecular weight is 279 g/mol. The van der Waals surface area contributed by atoms with E-state index in [4.69, 9.17) is 4.74 Å². The van der Waals surface area contributed by atoms with E-state index in [0.717, 1.165) is 18.7 Å². The summed E-state index contributed by atoms with van der Waals surface area (Å²) in [7, 11) is 0. The standard InChI is InChI=1S/C17H29NO2/c1-6-16(18-7-2)14-8-10-15(11-9-14)20-12-17(5,19)13(3)4/h8-11,13,16,18-19H,6-7,12H2,1-5H3. The summed E-state index contributed by atoms with van der Waals surface area (Å²) < 4.78 is 5.69. The topological polar surface area (TPSA) is 41.5 Å². The lowest BCUT2D eigenvalue weighted by Gasteiger charge is -2.27. The number of rotatable bonds is 8. The lowest BCUT2D eigenvalue weighted by atomic mass is 9.94. The van der Waals surface area contributed by atoms with Crippen molar-refractivity contribution in [1.82, 2.24) is 5.32 Å². The second-order valence-corrected chi connectivity index (χ2v) is 5.89. The predicted molar refractivity (Wildman–Crippen MR) is 84.1 cm³/mol. The molecule has 2 unspecified atom stereocenters. The number of hydrogen-bond acceptors (Lipinski definition) is 3. The van der Waals surface area contributed by atoms with Crippen LogP contribution in [0.25, 0.3) is 0 Å². The van der Waals surface area contributed by atoms with Crippen molar-refractivity contribution in [3.63, 3.8) is 0 Å². The highest BCUT2D eigenvalue weighted by molar-refractivity contribution is 5.29. The highest BCUT2D eigenvalue weighted by atomic mass is 16.5. The van der Waals surface area contributed by atoms with Crippen molar-refractivity contribution < 1.29 is 9.84 Å². The van der Waals surface area contributed by atoms with Crippen LogP contribution >= 0.6 is 0 Å². The van der Waals surface area contributed by atoms with Gasteiger partial charge in [-0.05, 0) is 43.5 Å². The number of nitrogens with one attached hydrogen (secondary N) is 1. The molecule has 0 aromatic heterocycles. The van der Waals surface area contributed by atoms with E-state index in [1.165, 1.54) is 5.56 Å². The van der Waals surface area contributed by atoms with Crippen LogP contribution in [0.4, 0.5) is 0 Å². The summed E-state index contributed by atoms with van der Waals surface area (Å²) in [5, 5.41) is 13.6. The number of aliphatic hydroxyl groups is 1. The molecule has 0 heterocycles. The number of ether oxygens (including phenoxy) is 1. The third-order valence-corrected chi connectivity index (χ3v) is 3.92. The molecule has 0 aliphatic heterocycles. The van der Waals surface area contributed by atoms with Crippen molar-refractivity contribution in [3.05, 3.63) is 29.8 Å². The molecule has 0 spiro atoms. The van der Waals surface area contributed by atoms with Gasteiger partial charge in [-0.3, -0.25) is 0 Å². The first-order valence-corrected chi connectivity index (χ1v) is 7.59. The van der Waals surface area contributed by atoms with Crippen molar-refractivity contribution in [1.29, 1.82) is 0 Å². The zero-order valence-electron chi connectivity index (χ0n) is 13.4. The minimum atomic E-state index is -0.797. The third-order valence-electron chi connectivity index (χ3n) is 3.92. The Morgan fingerprint density at radius 2 is 1.80 bits per heavy atom. The van der Waals surface area contributed by atoms with Gasteiger partial charge in [0.1, 0.15) is 12.4 Å². The maximum absolute atomic E-state index is 10.2. The summed E-state index contributed by atoms with van der Waals surface area (Å²) in [6.45, 7) is 11.4. The van der Waals surface area contributed by atoms with Crippen molar-refractivity contribution in [2.24, 2.45) is 5.92 Å². The molecular weight excluding hydrogens is 250 g/mol. The van der Waals surface area contributed by atoms with Crippen molar-refractivity contribution in [2.75, 3.05) is 13.2 Å². The lowest BCUT2D eigenvalue weighted by molar-refractivity contribution is -0.0266. The zero-order valence-corrected chi connectivity index (χ0v) is 13.4. The fourth-order valence-corrected chi connectivity index (χ4v) is 1.94. The van der Waals surface area contributed by atoms with Crippen molar-refractivity contribution in [2.45, 2.75) is 52.7 Å². The molecule has 114 valence electrons. The van der Waals surface area contributed by atoms with Crippen LogP contribution in [-0.4, -0.2) is 23.9 Å². The average Bonchev–Trinajstić information content (AvgIpc) is 2.43. The molecule has 0 radical (unpaired) electrons. The van der Waals surface area contributed by atoms with E-state index in [-0.39, 0.29) is 5.92 Å². The quantitative estimate of drug-likeness (QED) is 0.765. The molecule has 3 nitrogen and oxygen atoms in total. The molecule has 0 saturated carbocycles. The van der Waals surface area contributed by atoms with Crippen LogP contribution in [0.3, 0.4) is 0 Å². The second kappa shape index (κ2) is 7.65. The summed E-state index contributed by atoms with van der Waals surface area (Å²) in [4.78, 5) is 0. The largest absolute Gasteiger partial charge is 0.491 e. The molecule has 1 rings (SSSR count). The predicted octanol–water partition coefficient (Wildman–Crippen LogP) is 3.53. The Kier molecular flexibility index (Phi) is 6.50. The Morgan fingerprint density at radius 1 is 1.20 bits per heavy atom. The van der Waals surface area contributed by atoms with Crippen LogP contribution in [0.2, 0.25) is 0 Å². The first-order chi connectivity index (χ1) is 9.40. The molecule has 1 aromatic carbocycles. The van der Waals surface area contributed by atoms with E-state index < -0.39 is 5.60 Å². The smallest absolute Gasteiger partial charge is 0.119 e. The summed E-state index contributed by atoms with van der Waals surface area (Å²) in [6.07, 6.45) is 1.07. The molecule has 0 aliphatic carbocycles. The van der Waals surface area contributed by atoms with E-state index >= 15 is 0 Å². The minimum absolute atomic E-state index is 0.167. The van der Waals surface area contributed by atoms with Gasteiger partial charge in [-0.2, -0.15) is 0 Å². The van der Waals surface area contributed by atoms with Gasteiger partial charge in [-0.1, -0.05) is 39.8 Å². The van der Waals surface area contributed by atoms with E-state index in [1.54, 1.807) is 0 Å². The minimum Gasteiger partial charge on any atom is -0.491 e. The van der Waals surface area contributed by atoms with Crippen LogP contribution in [-0.2, 0) is 0 Å².